The summed E-state index contributed by atoms with van der Waals surface area (Å²) in [7, 11) is 0. The Morgan fingerprint density at radius 1 is 1.47 bits per heavy atom. The Hall–Kier alpha value is -1.09. The average Bonchev–Trinajstić information content (AvgIpc) is 2.29. The van der Waals surface area contributed by atoms with E-state index >= 15 is 0 Å². The number of carbonyl (C=O) groups excluding carboxylic acids is 1. The van der Waals surface area contributed by atoms with Gasteiger partial charge in [-0.05, 0) is 26.2 Å². The van der Waals surface area contributed by atoms with Crippen molar-refractivity contribution in [2.24, 2.45) is 0 Å². The first kappa shape index (κ1) is 12.0. The lowest BCUT2D eigenvalue weighted by Crippen LogP contribution is -2.44. The van der Waals surface area contributed by atoms with E-state index in [2.05, 4.69) is 0 Å². The molecule has 1 heterocycles. The number of aliphatic hydroxyl groups is 1. The topological polar surface area (TPSA) is 40.5 Å². The summed E-state index contributed by atoms with van der Waals surface area (Å²) in [6, 6.07) is 0.0153. The van der Waals surface area contributed by atoms with Crippen molar-refractivity contribution in [1.29, 1.82) is 0 Å². The normalized spacial score (nSPS) is 22.8. The molecule has 3 nitrogen and oxygen atoms in total. The highest BCUT2D eigenvalue weighted by molar-refractivity contribution is 5.88. The second-order valence-electron chi connectivity index (χ2n) is 3.75. The zero-order valence-corrected chi connectivity index (χ0v) is 9.22. The Kier molecular flexibility index (Phi) is 5.12. The molecule has 1 amide bonds. The highest BCUT2D eigenvalue weighted by Crippen LogP contribution is 2.16. The Labute approximate surface area is 91.1 Å². The number of rotatable bonds is 3. The molecule has 0 saturated carbocycles. The minimum atomic E-state index is 0.00634. The molecule has 3 heteroatoms. The first-order valence-electron chi connectivity index (χ1n) is 5.50. The van der Waals surface area contributed by atoms with E-state index in [1.807, 2.05) is 19.1 Å². The van der Waals surface area contributed by atoms with Crippen LogP contribution in [-0.4, -0.2) is 35.1 Å². The van der Waals surface area contributed by atoms with Gasteiger partial charge in [-0.3, -0.25) is 4.79 Å². The Morgan fingerprint density at radius 2 is 2.27 bits per heavy atom. The van der Waals surface area contributed by atoms with E-state index in [0.717, 1.165) is 25.8 Å². The first-order chi connectivity index (χ1) is 7.29. The van der Waals surface area contributed by atoms with Gasteiger partial charge in [0.15, 0.2) is 0 Å². The molecule has 84 valence electrons. The predicted molar refractivity (Wildman–Crippen MR) is 60.4 cm³/mol. The van der Waals surface area contributed by atoms with Gasteiger partial charge in [0.1, 0.15) is 0 Å². The molecule has 15 heavy (non-hydrogen) atoms. The molecule has 1 rings (SSSR count). The number of aliphatic hydroxyl groups excluding tert-OH is 1. The molecular formula is C12H19NO2. The summed E-state index contributed by atoms with van der Waals surface area (Å²) in [4.78, 5) is 13.5. The van der Waals surface area contributed by atoms with Gasteiger partial charge in [0.25, 0.3) is 0 Å². The highest BCUT2D eigenvalue weighted by atomic mass is 16.3. The molecule has 1 saturated heterocycles. The monoisotopic (exact) mass is 209 g/mol. The van der Waals surface area contributed by atoms with Crippen molar-refractivity contribution >= 4 is 5.91 Å². The molecule has 1 N–H and O–H groups in total. The van der Waals surface area contributed by atoms with Crippen LogP contribution in [0.25, 0.3) is 0 Å². The number of likely N-dealkylation sites (tertiary alicyclic amines) is 1. The fourth-order valence-electron chi connectivity index (χ4n) is 1.83. The average molecular weight is 209 g/mol. The second-order valence-corrected chi connectivity index (χ2v) is 3.75. The standard InChI is InChI=1S/C12H19NO2/c1-2-3-4-8-12(15)13-9-6-5-7-11(13)10-14/h2-4,8,11,14H,5-7,9-10H2,1H3/b3-2+,8-4+. The molecule has 1 atom stereocenters. The maximum Gasteiger partial charge on any atom is 0.246 e. The van der Waals surface area contributed by atoms with Gasteiger partial charge in [-0.2, -0.15) is 0 Å². The minimum Gasteiger partial charge on any atom is -0.394 e. The van der Waals surface area contributed by atoms with Crippen LogP contribution >= 0.6 is 0 Å². The van der Waals surface area contributed by atoms with E-state index in [0.29, 0.717) is 0 Å². The predicted octanol–water partition coefficient (Wildman–Crippen LogP) is 1.49. The summed E-state index contributed by atoms with van der Waals surface area (Å²) in [6.07, 6.45) is 10.1. The van der Waals surface area contributed by atoms with Crippen molar-refractivity contribution in [2.45, 2.75) is 32.2 Å². The molecule has 1 aliphatic heterocycles. The molecule has 0 aromatic rings. The first-order valence-corrected chi connectivity index (χ1v) is 5.50. The van der Waals surface area contributed by atoms with Crippen LogP contribution in [0.1, 0.15) is 26.2 Å². The summed E-state index contributed by atoms with van der Waals surface area (Å²) in [5.41, 5.74) is 0. The van der Waals surface area contributed by atoms with Crippen molar-refractivity contribution in [3.63, 3.8) is 0 Å². The van der Waals surface area contributed by atoms with Crippen molar-refractivity contribution < 1.29 is 9.90 Å². The van der Waals surface area contributed by atoms with Crippen LogP contribution in [0, 0.1) is 0 Å². The largest absolute Gasteiger partial charge is 0.394 e. The van der Waals surface area contributed by atoms with Gasteiger partial charge in [0.05, 0.1) is 12.6 Å². The van der Waals surface area contributed by atoms with Crippen LogP contribution in [0.2, 0.25) is 0 Å². The number of nitrogens with zero attached hydrogens (tertiary/aromatic N) is 1. The molecular weight excluding hydrogens is 190 g/mol. The van der Waals surface area contributed by atoms with Gasteiger partial charge < -0.3 is 10.0 Å². The van der Waals surface area contributed by atoms with E-state index in [1.165, 1.54) is 0 Å². The van der Waals surface area contributed by atoms with Crippen LogP contribution in [0.15, 0.2) is 24.3 Å². The van der Waals surface area contributed by atoms with E-state index in [1.54, 1.807) is 17.1 Å². The molecule has 0 aromatic heterocycles. The highest BCUT2D eigenvalue weighted by Gasteiger charge is 2.24. The van der Waals surface area contributed by atoms with Gasteiger partial charge in [0, 0.05) is 12.6 Å². The summed E-state index contributed by atoms with van der Waals surface area (Å²) in [5, 5.41) is 9.15. The molecule has 1 unspecified atom stereocenters. The summed E-state index contributed by atoms with van der Waals surface area (Å²) >= 11 is 0. The van der Waals surface area contributed by atoms with E-state index < -0.39 is 0 Å². The third-order valence-corrected chi connectivity index (χ3v) is 2.66. The van der Waals surface area contributed by atoms with Gasteiger partial charge in [-0.15, -0.1) is 0 Å². The second kappa shape index (κ2) is 6.40. The lowest BCUT2D eigenvalue weighted by molar-refractivity contribution is -0.130. The van der Waals surface area contributed by atoms with Crippen LogP contribution in [0.5, 0.6) is 0 Å². The van der Waals surface area contributed by atoms with Gasteiger partial charge in [0.2, 0.25) is 5.91 Å². The fourth-order valence-corrected chi connectivity index (χ4v) is 1.83. The lowest BCUT2D eigenvalue weighted by atomic mass is 10.0. The van der Waals surface area contributed by atoms with E-state index in [4.69, 9.17) is 5.11 Å². The number of amides is 1. The Morgan fingerprint density at radius 3 is 2.93 bits per heavy atom. The van der Waals surface area contributed by atoms with Crippen LogP contribution in [0.3, 0.4) is 0 Å². The Balaban J connectivity index is 2.55. The van der Waals surface area contributed by atoms with Gasteiger partial charge in [-0.25, -0.2) is 0 Å². The molecule has 0 aliphatic carbocycles. The molecule has 1 fully saturated rings. The molecule has 1 aliphatic rings. The van der Waals surface area contributed by atoms with E-state index in [-0.39, 0.29) is 18.6 Å². The van der Waals surface area contributed by atoms with Crippen molar-refractivity contribution in [3.05, 3.63) is 24.3 Å². The zero-order chi connectivity index (χ0) is 11.1. The summed E-state index contributed by atoms with van der Waals surface area (Å²) in [5.74, 6) is 0.00634. The molecule has 0 radical (unpaired) electrons. The van der Waals surface area contributed by atoms with Gasteiger partial charge in [-0.1, -0.05) is 18.2 Å². The maximum absolute atomic E-state index is 11.7. The SMILES string of the molecule is C/C=C/C=C/C(=O)N1CCCCC1CO. The number of allylic oxidation sites excluding steroid dienone is 3. The van der Waals surface area contributed by atoms with Crippen LogP contribution in [-0.2, 0) is 4.79 Å². The van der Waals surface area contributed by atoms with E-state index in [9.17, 15) is 4.79 Å². The molecule has 0 spiro atoms. The van der Waals surface area contributed by atoms with Gasteiger partial charge >= 0.3 is 0 Å². The summed E-state index contributed by atoms with van der Waals surface area (Å²) < 4.78 is 0. The minimum absolute atomic E-state index is 0.00634. The quantitative estimate of drug-likeness (QED) is 0.565. The Bertz CT molecular complexity index is 258. The van der Waals surface area contributed by atoms with Crippen molar-refractivity contribution in [1.82, 2.24) is 4.90 Å². The molecule has 0 bridgehead atoms. The zero-order valence-electron chi connectivity index (χ0n) is 9.22. The summed E-state index contributed by atoms with van der Waals surface area (Å²) in [6.45, 7) is 2.75. The number of hydrogen-bond acceptors (Lipinski definition) is 2. The van der Waals surface area contributed by atoms with Crippen molar-refractivity contribution in [3.8, 4) is 0 Å². The lowest BCUT2D eigenvalue weighted by Gasteiger charge is -2.33. The number of carbonyl (C=O) groups is 1. The van der Waals surface area contributed by atoms with Crippen molar-refractivity contribution in [2.75, 3.05) is 13.2 Å². The third-order valence-electron chi connectivity index (χ3n) is 2.66. The van der Waals surface area contributed by atoms with Crippen LogP contribution in [0.4, 0.5) is 0 Å². The number of piperidine rings is 1. The molecule has 0 aromatic carbocycles. The third kappa shape index (κ3) is 3.51. The smallest absolute Gasteiger partial charge is 0.246 e. The number of hydrogen-bond donors (Lipinski definition) is 1. The maximum atomic E-state index is 11.7. The fraction of sp³-hybridized carbons (Fsp3) is 0.583. The van der Waals surface area contributed by atoms with Crippen LogP contribution < -0.4 is 0 Å².